The zero-order chi connectivity index (χ0) is 15.2. The number of rotatable bonds is 6. The van der Waals surface area contributed by atoms with Gasteiger partial charge >= 0.3 is 0 Å². The topological polar surface area (TPSA) is 71.8 Å². The van der Waals surface area contributed by atoms with Gasteiger partial charge in [0.1, 0.15) is 18.3 Å². The Labute approximate surface area is 122 Å². The van der Waals surface area contributed by atoms with E-state index in [4.69, 9.17) is 0 Å². The van der Waals surface area contributed by atoms with Crippen LogP contribution in [0.1, 0.15) is 20.3 Å². The van der Waals surface area contributed by atoms with Gasteiger partial charge in [-0.1, -0.05) is 13.8 Å². The quantitative estimate of drug-likeness (QED) is 0.850. The Morgan fingerprint density at radius 2 is 2.24 bits per heavy atom. The Balaban J connectivity index is 1.96. The average Bonchev–Trinajstić information content (AvgIpc) is 2.92. The van der Waals surface area contributed by atoms with Crippen LogP contribution in [0, 0.1) is 5.82 Å². The van der Waals surface area contributed by atoms with Crippen molar-refractivity contribution in [2.75, 3.05) is 11.9 Å². The molecule has 0 aliphatic carbocycles. The zero-order valence-corrected chi connectivity index (χ0v) is 12.0. The summed E-state index contributed by atoms with van der Waals surface area (Å²) in [5, 5.41) is 9.68. The lowest BCUT2D eigenvalue weighted by Gasteiger charge is -2.09. The molecule has 1 heterocycles. The molecule has 0 saturated carbocycles. The van der Waals surface area contributed by atoms with E-state index in [1.54, 1.807) is 12.1 Å². The first-order chi connectivity index (χ1) is 10.1. The minimum atomic E-state index is -0.474. The minimum absolute atomic E-state index is 0.156. The molecule has 1 aromatic carbocycles. The van der Waals surface area contributed by atoms with Crippen LogP contribution in [0.15, 0.2) is 30.9 Å². The van der Waals surface area contributed by atoms with Crippen LogP contribution in [-0.4, -0.2) is 33.3 Å². The van der Waals surface area contributed by atoms with Gasteiger partial charge in [-0.05, 0) is 18.2 Å². The molecule has 2 aromatic rings. The van der Waals surface area contributed by atoms with Crippen LogP contribution < -0.4 is 10.6 Å². The summed E-state index contributed by atoms with van der Waals surface area (Å²) in [6.07, 6.45) is 3.08. The van der Waals surface area contributed by atoms with Crippen molar-refractivity contribution in [2.45, 2.75) is 26.3 Å². The standard InChI is InChI=1S/C14H18FN5O/c1-10(2)17-6-5-14(21)19-11-3-4-13(12(15)7-11)20-9-16-8-18-20/h3-4,7-10,17H,5-6H2,1-2H3,(H,19,21). The molecule has 0 radical (unpaired) electrons. The Bertz CT molecular complexity index is 597. The molecule has 0 saturated heterocycles. The zero-order valence-electron chi connectivity index (χ0n) is 12.0. The Hall–Kier alpha value is -2.28. The van der Waals surface area contributed by atoms with E-state index in [1.165, 1.54) is 23.4 Å². The smallest absolute Gasteiger partial charge is 0.225 e. The lowest BCUT2D eigenvalue weighted by Crippen LogP contribution is -2.27. The van der Waals surface area contributed by atoms with Crippen molar-refractivity contribution in [3.8, 4) is 5.69 Å². The largest absolute Gasteiger partial charge is 0.326 e. The van der Waals surface area contributed by atoms with Gasteiger partial charge in [-0.3, -0.25) is 4.79 Å². The third kappa shape index (κ3) is 4.35. The number of anilines is 1. The van der Waals surface area contributed by atoms with Gasteiger partial charge in [0, 0.05) is 24.7 Å². The van der Waals surface area contributed by atoms with Crippen molar-refractivity contribution in [3.63, 3.8) is 0 Å². The number of aromatic nitrogens is 3. The second kappa shape index (κ2) is 6.94. The highest BCUT2D eigenvalue weighted by Gasteiger charge is 2.08. The molecule has 0 fully saturated rings. The summed E-state index contributed by atoms with van der Waals surface area (Å²) < 4.78 is 15.3. The number of halogens is 1. The van der Waals surface area contributed by atoms with Crippen LogP contribution >= 0.6 is 0 Å². The number of amides is 1. The van der Waals surface area contributed by atoms with Gasteiger partial charge < -0.3 is 10.6 Å². The summed E-state index contributed by atoms with van der Waals surface area (Å²) in [4.78, 5) is 15.5. The first-order valence-electron chi connectivity index (χ1n) is 6.74. The Kier molecular flexibility index (Phi) is 4.99. The summed E-state index contributed by atoms with van der Waals surface area (Å²) in [6.45, 7) is 4.61. The molecule has 1 amide bonds. The highest BCUT2D eigenvalue weighted by atomic mass is 19.1. The maximum atomic E-state index is 14.0. The van der Waals surface area contributed by atoms with Crippen molar-refractivity contribution >= 4 is 11.6 Å². The summed E-state index contributed by atoms with van der Waals surface area (Å²) in [6, 6.07) is 4.78. The van der Waals surface area contributed by atoms with Gasteiger partial charge in [-0.2, -0.15) is 5.10 Å². The monoisotopic (exact) mass is 291 g/mol. The van der Waals surface area contributed by atoms with Crippen LogP contribution in [0.3, 0.4) is 0 Å². The van der Waals surface area contributed by atoms with Crippen LogP contribution in [-0.2, 0) is 4.79 Å². The highest BCUT2D eigenvalue weighted by Crippen LogP contribution is 2.17. The van der Waals surface area contributed by atoms with E-state index in [9.17, 15) is 9.18 Å². The Morgan fingerprint density at radius 1 is 1.43 bits per heavy atom. The molecule has 0 bridgehead atoms. The molecular weight excluding hydrogens is 273 g/mol. The van der Waals surface area contributed by atoms with Crippen molar-refractivity contribution in [1.82, 2.24) is 20.1 Å². The van der Waals surface area contributed by atoms with Crippen LogP contribution in [0.5, 0.6) is 0 Å². The summed E-state index contributed by atoms with van der Waals surface area (Å²) in [5.74, 6) is -0.630. The van der Waals surface area contributed by atoms with Crippen LogP contribution in [0.4, 0.5) is 10.1 Å². The van der Waals surface area contributed by atoms with Gasteiger partial charge in [-0.15, -0.1) is 0 Å². The van der Waals surface area contributed by atoms with E-state index in [1.807, 2.05) is 13.8 Å². The van der Waals surface area contributed by atoms with E-state index in [0.29, 0.717) is 24.7 Å². The van der Waals surface area contributed by atoms with E-state index in [2.05, 4.69) is 20.7 Å². The van der Waals surface area contributed by atoms with Crippen molar-refractivity contribution in [2.24, 2.45) is 0 Å². The predicted molar refractivity (Wildman–Crippen MR) is 77.7 cm³/mol. The number of carbonyl (C=O) groups is 1. The normalized spacial score (nSPS) is 10.9. The SMILES string of the molecule is CC(C)NCCC(=O)Nc1ccc(-n2cncn2)c(F)c1. The second-order valence-corrected chi connectivity index (χ2v) is 4.91. The molecular formula is C14H18FN5O. The molecule has 0 unspecified atom stereocenters. The average molecular weight is 291 g/mol. The van der Waals surface area contributed by atoms with Gasteiger partial charge in [-0.25, -0.2) is 14.1 Å². The molecule has 0 spiro atoms. The third-order valence-corrected chi connectivity index (χ3v) is 2.80. The predicted octanol–water partition coefficient (Wildman–Crippen LogP) is 1.73. The van der Waals surface area contributed by atoms with Gasteiger partial charge in [0.05, 0.1) is 0 Å². The van der Waals surface area contributed by atoms with Crippen molar-refractivity contribution in [1.29, 1.82) is 0 Å². The van der Waals surface area contributed by atoms with E-state index >= 15 is 0 Å². The molecule has 0 aliphatic rings. The fraction of sp³-hybridized carbons (Fsp3) is 0.357. The fourth-order valence-corrected chi connectivity index (χ4v) is 1.80. The van der Waals surface area contributed by atoms with Crippen molar-refractivity contribution < 1.29 is 9.18 Å². The number of benzene rings is 1. The molecule has 0 aliphatic heterocycles. The molecule has 21 heavy (non-hydrogen) atoms. The number of hydrogen-bond donors (Lipinski definition) is 2. The summed E-state index contributed by atoms with van der Waals surface area (Å²) in [5.41, 5.74) is 0.706. The Morgan fingerprint density at radius 3 is 2.86 bits per heavy atom. The minimum Gasteiger partial charge on any atom is -0.326 e. The van der Waals surface area contributed by atoms with E-state index in [-0.39, 0.29) is 11.6 Å². The summed E-state index contributed by atoms with van der Waals surface area (Å²) >= 11 is 0. The maximum absolute atomic E-state index is 14.0. The molecule has 2 rings (SSSR count). The highest BCUT2D eigenvalue weighted by molar-refractivity contribution is 5.90. The van der Waals surface area contributed by atoms with E-state index < -0.39 is 5.82 Å². The second-order valence-electron chi connectivity index (χ2n) is 4.91. The van der Waals surface area contributed by atoms with Crippen molar-refractivity contribution in [3.05, 3.63) is 36.7 Å². The number of hydrogen-bond acceptors (Lipinski definition) is 4. The first kappa shape index (κ1) is 15.1. The van der Waals surface area contributed by atoms with Gasteiger partial charge in [0.25, 0.3) is 0 Å². The molecule has 112 valence electrons. The van der Waals surface area contributed by atoms with E-state index in [0.717, 1.165) is 0 Å². The number of carbonyl (C=O) groups excluding carboxylic acids is 1. The molecule has 6 nitrogen and oxygen atoms in total. The third-order valence-electron chi connectivity index (χ3n) is 2.80. The molecule has 0 atom stereocenters. The van der Waals surface area contributed by atoms with Crippen LogP contribution in [0.25, 0.3) is 5.69 Å². The number of nitrogens with one attached hydrogen (secondary N) is 2. The van der Waals surface area contributed by atoms with Gasteiger partial charge in [0.2, 0.25) is 5.91 Å². The lowest BCUT2D eigenvalue weighted by molar-refractivity contribution is -0.116. The molecule has 7 heteroatoms. The molecule has 2 N–H and O–H groups in total. The number of nitrogens with zero attached hydrogens (tertiary/aromatic N) is 3. The lowest BCUT2D eigenvalue weighted by atomic mass is 10.2. The fourth-order valence-electron chi connectivity index (χ4n) is 1.80. The van der Waals surface area contributed by atoms with Crippen LogP contribution in [0.2, 0.25) is 0 Å². The maximum Gasteiger partial charge on any atom is 0.225 e. The summed E-state index contributed by atoms with van der Waals surface area (Å²) in [7, 11) is 0. The molecule has 1 aromatic heterocycles. The first-order valence-corrected chi connectivity index (χ1v) is 6.74. The van der Waals surface area contributed by atoms with Gasteiger partial charge in [0.15, 0.2) is 5.82 Å².